The van der Waals surface area contributed by atoms with Crippen LogP contribution in [-0.4, -0.2) is 24.6 Å². The van der Waals surface area contributed by atoms with Crippen molar-refractivity contribution in [1.29, 1.82) is 0 Å². The Labute approximate surface area is 155 Å². The molecule has 1 aliphatic carbocycles. The molecule has 1 atom stereocenters. The van der Waals surface area contributed by atoms with Crippen molar-refractivity contribution in [2.45, 2.75) is 31.2 Å². The van der Waals surface area contributed by atoms with E-state index in [1.54, 1.807) is 7.11 Å². The van der Waals surface area contributed by atoms with Gasteiger partial charge in [0.1, 0.15) is 5.60 Å². The molecule has 0 radical (unpaired) electrons. The molecule has 3 heteroatoms. The molecule has 0 fully saturated rings. The maximum absolute atomic E-state index is 11.7. The average molecular weight is 350 g/mol. The van der Waals surface area contributed by atoms with Crippen LogP contribution in [0.25, 0.3) is 0 Å². The zero-order valence-electron chi connectivity index (χ0n) is 15.4. The van der Waals surface area contributed by atoms with E-state index in [9.17, 15) is 5.11 Å². The number of rotatable bonds is 7. The minimum Gasteiger partial charge on any atom is -0.380 e. The summed E-state index contributed by atoms with van der Waals surface area (Å²) in [6, 6.07) is 19.6. The predicted molar refractivity (Wildman–Crippen MR) is 104 cm³/mol. The molecule has 0 spiro atoms. The molecule has 2 aromatic rings. The van der Waals surface area contributed by atoms with Crippen LogP contribution in [0.4, 0.5) is 0 Å². The lowest BCUT2D eigenvalue weighted by atomic mass is 9.80. The highest BCUT2D eigenvalue weighted by Crippen LogP contribution is 2.38. The van der Waals surface area contributed by atoms with Crippen molar-refractivity contribution in [3.05, 3.63) is 95.6 Å². The van der Waals surface area contributed by atoms with E-state index in [1.807, 2.05) is 79.7 Å². The van der Waals surface area contributed by atoms with E-state index in [1.165, 1.54) is 0 Å². The molecule has 0 heterocycles. The first kappa shape index (κ1) is 18.6. The summed E-state index contributed by atoms with van der Waals surface area (Å²) in [5.41, 5.74) is 1.74. The Morgan fingerprint density at radius 3 is 2.00 bits per heavy atom. The first-order valence-corrected chi connectivity index (χ1v) is 9.03. The van der Waals surface area contributed by atoms with Gasteiger partial charge in [0, 0.05) is 26.6 Å². The van der Waals surface area contributed by atoms with Gasteiger partial charge in [0.25, 0.3) is 0 Å². The zero-order chi connectivity index (χ0) is 18.5. The molecule has 0 bridgehead atoms. The van der Waals surface area contributed by atoms with E-state index in [-0.39, 0.29) is 0 Å². The van der Waals surface area contributed by atoms with E-state index < -0.39 is 11.4 Å². The topological polar surface area (TPSA) is 38.7 Å². The Bertz CT molecular complexity index is 725. The number of aliphatic hydroxyl groups is 1. The highest BCUT2D eigenvalue weighted by atomic mass is 16.7. The van der Waals surface area contributed by atoms with Gasteiger partial charge in [-0.05, 0) is 29.7 Å². The normalized spacial score (nSPS) is 20.0. The third-order valence-corrected chi connectivity index (χ3v) is 4.90. The van der Waals surface area contributed by atoms with Crippen LogP contribution in [0.15, 0.2) is 84.5 Å². The molecular formula is C23H26O3. The van der Waals surface area contributed by atoms with Gasteiger partial charge >= 0.3 is 0 Å². The quantitative estimate of drug-likeness (QED) is 0.743. The summed E-state index contributed by atoms with van der Waals surface area (Å²) in [5, 5.41) is 11.7. The number of benzene rings is 2. The zero-order valence-corrected chi connectivity index (χ0v) is 15.4. The summed E-state index contributed by atoms with van der Waals surface area (Å²) >= 11 is 0. The Morgan fingerprint density at radius 1 is 1.00 bits per heavy atom. The Morgan fingerprint density at radius 2 is 1.58 bits per heavy atom. The number of hydrogen-bond donors (Lipinski definition) is 1. The smallest absolute Gasteiger partial charge is 0.191 e. The minimum atomic E-state index is -1.09. The summed E-state index contributed by atoms with van der Waals surface area (Å²) in [4.78, 5) is 0. The molecular weight excluding hydrogens is 324 g/mol. The predicted octanol–water partition coefficient (Wildman–Crippen LogP) is 4.58. The number of hydrogen-bond acceptors (Lipinski definition) is 3. The van der Waals surface area contributed by atoms with Crippen molar-refractivity contribution in [2.75, 3.05) is 13.7 Å². The molecule has 1 unspecified atom stereocenters. The molecule has 3 nitrogen and oxygen atoms in total. The van der Waals surface area contributed by atoms with Crippen LogP contribution in [-0.2, 0) is 15.1 Å². The van der Waals surface area contributed by atoms with Crippen molar-refractivity contribution in [2.24, 2.45) is 0 Å². The fraction of sp³-hybridized carbons (Fsp3) is 0.304. The lowest BCUT2D eigenvalue weighted by molar-refractivity contribution is -0.183. The second kappa shape index (κ2) is 8.00. The van der Waals surface area contributed by atoms with Gasteiger partial charge < -0.3 is 14.6 Å². The molecule has 3 rings (SSSR count). The third-order valence-electron chi connectivity index (χ3n) is 4.90. The van der Waals surface area contributed by atoms with E-state index in [0.29, 0.717) is 19.4 Å². The fourth-order valence-electron chi connectivity index (χ4n) is 3.43. The standard InChI is InChI=1S/C23H26O3/c1-3-26-22(25-2)16-14-19(15-17-22)18-23(24,20-10-6-4-7-11-20)21-12-8-5-9-13-21/h4-16,24H,3,17-18H2,1-2H3. The van der Waals surface area contributed by atoms with Crippen LogP contribution in [0.2, 0.25) is 0 Å². The van der Waals surface area contributed by atoms with Crippen LogP contribution < -0.4 is 0 Å². The van der Waals surface area contributed by atoms with Crippen LogP contribution in [0.3, 0.4) is 0 Å². The molecule has 0 saturated heterocycles. The SMILES string of the molecule is CCOC1(OC)C=CC(CC(O)(c2ccccc2)c2ccccc2)=CC1. The van der Waals surface area contributed by atoms with Gasteiger partial charge in [-0.2, -0.15) is 0 Å². The van der Waals surface area contributed by atoms with Gasteiger partial charge in [0.15, 0.2) is 5.79 Å². The molecule has 0 saturated carbocycles. The monoisotopic (exact) mass is 350 g/mol. The van der Waals surface area contributed by atoms with E-state index in [2.05, 4.69) is 6.08 Å². The van der Waals surface area contributed by atoms with Crippen molar-refractivity contribution in [3.8, 4) is 0 Å². The molecule has 136 valence electrons. The average Bonchev–Trinajstić information content (AvgIpc) is 2.71. The van der Waals surface area contributed by atoms with Crippen molar-refractivity contribution in [1.82, 2.24) is 0 Å². The summed E-state index contributed by atoms with van der Waals surface area (Å²) in [6.07, 6.45) is 7.16. The van der Waals surface area contributed by atoms with Crippen molar-refractivity contribution in [3.63, 3.8) is 0 Å². The van der Waals surface area contributed by atoms with Crippen LogP contribution >= 0.6 is 0 Å². The molecule has 1 N–H and O–H groups in total. The lowest BCUT2D eigenvalue weighted by Crippen LogP contribution is -2.34. The van der Waals surface area contributed by atoms with Crippen molar-refractivity contribution < 1.29 is 14.6 Å². The Balaban J connectivity index is 1.90. The lowest BCUT2D eigenvalue weighted by Gasteiger charge is -2.33. The summed E-state index contributed by atoms with van der Waals surface area (Å²) in [7, 11) is 1.66. The largest absolute Gasteiger partial charge is 0.380 e. The van der Waals surface area contributed by atoms with Crippen LogP contribution in [0.1, 0.15) is 30.9 Å². The Hall–Kier alpha value is -2.20. The summed E-state index contributed by atoms with van der Waals surface area (Å²) < 4.78 is 11.3. The van der Waals surface area contributed by atoms with Crippen LogP contribution in [0.5, 0.6) is 0 Å². The summed E-state index contributed by atoms with van der Waals surface area (Å²) in [6.45, 7) is 2.54. The Kier molecular flexibility index (Phi) is 5.72. The summed E-state index contributed by atoms with van der Waals surface area (Å²) in [5.74, 6) is -0.699. The van der Waals surface area contributed by atoms with Gasteiger partial charge in [-0.15, -0.1) is 0 Å². The molecule has 2 aromatic carbocycles. The van der Waals surface area contributed by atoms with Gasteiger partial charge in [0.2, 0.25) is 0 Å². The van der Waals surface area contributed by atoms with E-state index in [0.717, 1.165) is 16.7 Å². The highest BCUT2D eigenvalue weighted by molar-refractivity contribution is 5.40. The van der Waals surface area contributed by atoms with Gasteiger partial charge in [-0.25, -0.2) is 0 Å². The number of methoxy groups -OCH3 is 1. The van der Waals surface area contributed by atoms with Crippen LogP contribution in [0, 0.1) is 0 Å². The maximum Gasteiger partial charge on any atom is 0.191 e. The first-order valence-electron chi connectivity index (χ1n) is 9.03. The van der Waals surface area contributed by atoms with Gasteiger partial charge in [-0.1, -0.05) is 72.8 Å². The first-order chi connectivity index (χ1) is 12.6. The van der Waals surface area contributed by atoms with E-state index >= 15 is 0 Å². The van der Waals surface area contributed by atoms with Crippen molar-refractivity contribution >= 4 is 0 Å². The number of allylic oxidation sites excluding steroid dienone is 1. The molecule has 26 heavy (non-hydrogen) atoms. The number of ether oxygens (including phenoxy) is 2. The minimum absolute atomic E-state index is 0.490. The second-order valence-corrected chi connectivity index (χ2v) is 6.53. The molecule has 0 aliphatic heterocycles. The molecule has 0 aromatic heterocycles. The maximum atomic E-state index is 11.7. The third kappa shape index (κ3) is 3.80. The second-order valence-electron chi connectivity index (χ2n) is 6.53. The van der Waals surface area contributed by atoms with E-state index in [4.69, 9.17) is 9.47 Å². The van der Waals surface area contributed by atoms with Gasteiger partial charge in [0.05, 0.1) is 0 Å². The molecule has 0 amide bonds. The fourth-order valence-corrected chi connectivity index (χ4v) is 3.43. The highest BCUT2D eigenvalue weighted by Gasteiger charge is 2.34. The molecule has 1 aliphatic rings. The van der Waals surface area contributed by atoms with Gasteiger partial charge in [-0.3, -0.25) is 0 Å².